The van der Waals surface area contributed by atoms with Crippen LogP contribution in [0.1, 0.15) is 64.2 Å². The van der Waals surface area contributed by atoms with Crippen LogP contribution in [0.25, 0.3) is 0 Å². The minimum Gasteiger partial charge on any atom is -0.324 e. The van der Waals surface area contributed by atoms with E-state index >= 15 is 0 Å². The number of hydrogen-bond donors (Lipinski definition) is 2. The molecule has 0 aromatic heterocycles. The lowest BCUT2D eigenvalue weighted by Gasteiger charge is -2.31. The largest absolute Gasteiger partial charge is 0.338 e. The smallest absolute Gasteiger partial charge is 0.324 e. The van der Waals surface area contributed by atoms with Crippen LogP contribution in [0.15, 0.2) is 0 Å². The Bertz CT molecular complexity index is 350. The fraction of sp³-hybridized carbons (Fsp3) is 1.00. The Morgan fingerprint density at radius 3 is 1.32 bits per heavy atom. The Morgan fingerprint density at radius 2 is 1.00 bits per heavy atom. The molecule has 0 saturated heterocycles. The highest BCUT2D eigenvalue weighted by Gasteiger charge is 2.43. The highest BCUT2D eigenvalue weighted by molar-refractivity contribution is 7.67. The van der Waals surface area contributed by atoms with Gasteiger partial charge in [0.2, 0.25) is 0 Å². The van der Waals surface area contributed by atoms with Gasteiger partial charge < -0.3 is 9.79 Å². The van der Waals surface area contributed by atoms with E-state index in [1.165, 1.54) is 0 Å². The first kappa shape index (κ1) is 15.7. The van der Waals surface area contributed by atoms with E-state index in [9.17, 15) is 18.9 Å². The molecule has 0 aromatic rings. The third-order valence-electron chi connectivity index (χ3n) is 4.31. The summed E-state index contributed by atoms with van der Waals surface area (Å²) in [7, 11) is -7.94. The second kappa shape index (κ2) is 6.41. The molecule has 2 aliphatic carbocycles. The maximum Gasteiger partial charge on any atom is 0.338 e. The first-order valence-corrected chi connectivity index (χ1v) is 10.6. The molecule has 2 rings (SSSR count). The van der Waals surface area contributed by atoms with Gasteiger partial charge in [0.1, 0.15) is 0 Å². The van der Waals surface area contributed by atoms with Crippen molar-refractivity contribution in [1.29, 1.82) is 0 Å². The Balaban J connectivity index is 2.00. The first-order chi connectivity index (χ1) is 8.92. The van der Waals surface area contributed by atoms with Crippen LogP contribution in [0.2, 0.25) is 0 Å². The Hall–Kier alpha value is 0.340. The van der Waals surface area contributed by atoms with Gasteiger partial charge in [0.15, 0.2) is 0 Å². The summed E-state index contributed by atoms with van der Waals surface area (Å²) in [5.41, 5.74) is -0.907. The molecule has 112 valence electrons. The molecule has 2 saturated carbocycles. The molecule has 0 radical (unpaired) electrons. The molecule has 2 atom stereocenters. The van der Waals surface area contributed by atoms with Crippen molar-refractivity contribution in [3.05, 3.63) is 0 Å². The maximum absolute atomic E-state index is 12.2. The SMILES string of the molecule is O=P(O)(OP(=O)(O)C1CCCCC1)C1CCCCC1. The molecule has 0 heterocycles. The lowest BCUT2D eigenvalue weighted by Crippen LogP contribution is -2.18. The summed E-state index contributed by atoms with van der Waals surface area (Å²) < 4.78 is 29.4. The van der Waals surface area contributed by atoms with Gasteiger partial charge in [0, 0.05) is 0 Å². The summed E-state index contributed by atoms with van der Waals surface area (Å²) in [6.07, 6.45) is 8.23. The Kier molecular flexibility index (Phi) is 5.30. The first-order valence-electron chi connectivity index (χ1n) is 7.28. The Labute approximate surface area is 114 Å². The van der Waals surface area contributed by atoms with E-state index in [-0.39, 0.29) is 0 Å². The van der Waals surface area contributed by atoms with Crippen molar-refractivity contribution in [2.45, 2.75) is 75.5 Å². The van der Waals surface area contributed by atoms with Crippen molar-refractivity contribution in [2.24, 2.45) is 0 Å². The van der Waals surface area contributed by atoms with Gasteiger partial charge in [-0.3, -0.25) is 9.13 Å². The second-order valence-corrected chi connectivity index (χ2v) is 10.2. The van der Waals surface area contributed by atoms with Crippen molar-refractivity contribution < 1.29 is 23.2 Å². The molecular formula is C12H24O5P2. The van der Waals surface area contributed by atoms with Gasteiger partial charge in [0.05, 0.1) is 11.3 Å². The topological polar surface area (TPSA) is 83.8 Å². The lowest BCUT2D eigenvalue weighted by atomic mass is 10.0. The second-order valence-electron chi connectivity index (χ2n) is 5.79. The molecule has 2 N–H and O–H groups in total. The third-order valence-corrected chi connectivity index (χ3v) is 9.06. The van der Waals surface area contributed by atoms with Crippen LogP contribution in [0.5, 0.6) is 0 Å². The fourth-order valence-corrected chi connectivity index (χ4v) is 7.56. The zero-order valence-electron chi connectivity index (χ0n) is 11.2. The maximum atomic E-state index is 12.2. The molecule has 19 heavy (non-hydrogen) atoms. The molecule has 2 unspecified atom stereocenters. The van der Waals surface area contributed by atoms with Crippen LogP contribution >= 0.6 is 15.2 Å². The zero-order valence-corrected chi connectivity index (χ0v) is 13.0. The van der Waals surface area contributed by atoms with E-state index in [1.54, 1.807) is 0 Å². The average Bonchev–Trinajstić information content (AvgIpc) is 2.40. The highest BCUT2D eigenvalue weighted by Crippen LogP contribution is 2.67. The van der Waals surface area contributed by atoms with Gasteiger partial charge in [-0.2, -0.15) is 0 Å². The van der Waals surface area contributed by atoms with Crippen molar-refractivity contribution in [3.63, 3.8) is 0 Å². The summed E-state index contributed by atoms with van der Waals surface area (Å²) >= 11 is 0. The zero-order chi connectivity index (χ0) is 13.9. The van der Waals surface area contributed by atoms with E-state index in [0.717, 1.165) is 38.5 Å². The quantitative estimate of drug-likeness (QED) is 0.766. The van der Waals surface area contributed by atoms with Gasteiger partial charge in [0.25, 0.3) is 0 Å². The number of hydrogen-bond acceptors (Lipinski definition) is 3. The van der Waals surface area contributed by atoms with Crippen LogP contribution in [-0.4, -0.2) is 21.1 Å². The summed E-state index contributed by atoms with van der Waals surface area (Å²) in [5.74, 6) is 0. The van der Waals surface area contributed by atoms with Gasteiger partial charge in [-0.15, -0.1) is 0 Å². The van der Waals surface area contributed by atoms with Gasteiger partial charge in [-0.05, 0) is 25.7 Å². The van der Waals surface area contributed by atoms with E-state index in [1.807, 2.05) is 0 Å². The molecule has 0 aliphatic heterocycles. The standard InChI is InChI=1S/C12H24O5P2/c13-18(14,11-7-3-1-4-8-11)17-19(15,16)12-9-5-2-6-10-12/h11-12H,1-10H2,(H,13,14)(H,15,16). The molecule has 2 aliphatic rings. The van der Waals surface area contributed by atoms with E-state index < -0.39 is 26.5 Å². The van der Waals surface area contributed by atoms with E-state index in [4.69, 9.17) is 4.31 Å². The van der Waals surface area contributed by atoms with Crippen LogP contribution in [0, 0.1) is 0 Å². The molecular weight excluding hydrogens is 286 g/mol. The van der Waals surface area contributed by atoms with Crippen molar-refractivity contribution >= 4 is 15.2 Å². The molecule has 0 aromatic carbocycles. The van der Waals surface area contributed by atoms with Crippen molar-refractivity contribution in [1.82, 2.24) is 0 Å². The molecule has 0 spiro atoms. The van der Waals surface area contributed by atoms with Gasteiger partial charge in [-0.1, -0.05) is 38.5 Å². The molecule has 0 bridgehead atoms. The van der Waals surface area contributed by atoms with E-state index in [0.29, 0.717) is 25.7 Å². The Morgan fingerprint density at radius 1 is 0.684 bits per heavy atom. The summed E-state index contributed by atoms with van der Waals surface area (Å²) in [6.45, 7) is 0. The fourth-order valence-electron chi connectivity index (χ4n) is 3.12. The minimum atomic E-state index is -3.97. The average molecular weight is 310 g/mol. The van der Waals surface area contributed by atoms with E-state index in [2.05, 4.69) is 0 Å². The van der Waals surface area contributed by atoms with Crippen LogP contribution in [0.3, 0.4) is 0 Å². The van der Waals surface area contributed by atoms with Crippen LogP contribution in [-0.2, 0) is 13.4 Å². The minimum absolute atomic E-state index is 0.453. The summed E-state index contributed by atoms with van der Waals surface area (Å²) in [5, 5.41) is 0. The molecule has 0 amide bonds. The predicted octanol–water partition coefficient (Wildman–Crippen LogP) is 4.04. The molecule has 7 heteroatoms. The highest BCUT2D eigenvalue weighted by atomic mass is 31.3. The predicted molar refractivity (Wildman–Crippen MR) is 74.5 cm³/mol. The molecule has 2 fully saturated rings. The monoisotopic (exact) mass is 310 g/mol. The van der Waals surface area contributed by atoms with Crippen molar-refractivity contribution in [2.75, 3.05) is 0 Å². The summed E-state index contributed by atoms with van der Waals surface area (Å²) in [4.78, 5) is 20.0. The van der Waals surface area contributed by atoms with Gasteiger partial charge >= 0.3 is 15.2 Å². The lowest BCUT2D eigenvalue weighted by molar-refractivity contribution is 0.296. The van der Waals surface area contributed by atoms with Gasteiger partial charge in [-0.25, -0.2) is 4.31 Å². The number of rotatable bonds is 4. The van der Waals surface area contributed by atoms with Crippen LogP contribution < -0.4 is 0 Å². The third kappa shape index (κ3) is 4.15. The van der Waals surface area contributed by atoms with Crippen LogP contribution in [0.4, 0.5) is 0 Å². The molecule has 5 nitrogen and oxygen atoms in total. The van der Waals surface area contributed by atoms with Crippen molar-refractivity contribution in [3.8, 4) is 0 Å². The normalized spacial score (nSPS) is 29.6. The summed E-state index contributed by atoms with van der Waals surface area (Å²) in [6, 6.07) is 0.